The van der Waals surface area contributed by atoms with Crippen molar-refractivity contribution in [2.24, 2.45) is 17.8 Å². The number of anilines is 1. The van der Waals surface area contributed by atoms with E-state index in [2.05, 4.69) is 16.8 Å². The molecule has 0 N–H and O–H groups in total. The van der Waals surface area contributed by atoms with Gasteiger partial charge in [0.15, 0.2) is 0 Å². The number of Topliss-reactive ketones (excluding diaryl/α,β-unsaturated/α-hetero) is 1. The molecule has 2 saturated heterocycles. The highest BCUT2D eigenvalue weighted by molar-refractivity contribution is 5.82. The molecule has 27 heavy (non-hydrogen) atoms. The lowest BCUT2D eigenvalue weighted by Gasteiger charge is -2.39. The maximum Gasteiger partial charge on any atom is 0.225 e. The van der Waals surface area contributed by atoms with E-state index in [1.54, 1.807) is 0 Å². The van der Waals surface area contributed by atoms with Gasteiger partial charge in [-0.1, -0.05) is 13.8 Å². The molecule has 0 spiro atoms. The maximum atomic E-state index is 12.2. The molecule has 0 amide bonds. The number of likely N-dealkylation sites (N-methyl/N-ethyl adjacent to an activating group) is 1. The van der Waals surface area contributed by atoms with Gasteiger partial charge in [-0.3, -0.25) is 4.79 Å². The Hall–Kier alpha value is -1.49. The van der Waals surface area contributed by atoms with Crippen molar-refractivity contribution in [1.82, 2.24) is 14.9 Å². The van der Waals surface area contributed by atoms with E-state index in [0.717, 1.165) is 51.1 Å². The van der Waals surface area contributed by atoms with E-state index in [-0.39, 0.29) is 5.92 Å². The zero-order valence-corrected chi connectivity index (χ0v) is 17.1. The fourth-order valence-electron chi connectivity index (χ4n) is 5.48. The number of piperazine rings is 1. The molecule has 148 valence electrons. The molecular formula is C22H34N4O. The summed E-state index contributed by atoms with van der Waals surface area (Å²) in [7, 11) is 2.22. The summed E-state index contributed by atoms with van der Waals surface area (Å²) in [6.07, 6.45) is 12.1. The van der Waals surface area contributed by atoms with Crippen LogP contribution in [0.5, 0.6) is 0 Å². The van der Waals surface area contributed by atoms with Gasteiger partial charge < -0.3 is 9.80 Å². The molecule has 3 fully saturated rings. The summed E-state index contributed by atoms with van der Waals surface area (Å²) < 4.78 is 0. The van der Waals surface area contributed by atoms with Crippen molar-refractivity contribution < 1.29 is 4.79 Å². The zero-order valence-electron chi connectivity index (χ0n) is 17.1. The first-order valence-corrected chi connectivity index (χ1v) is 10.8. The topological polar surface area (TPSA) is 49.3 Å². The van der Waals surface area contributed by atoms with Gasteiger partial charge in [-0.2, -0.15) is 0 Å². The molecule has 1 aromatic rings. The van der Waals surface area contributed by atoms with E-state index >= 15 is 0 Å². The minimum atomic E-state index is 0.178. The quantitative estimate of drug-likeness (QED) is 0.796. The Labute approximate surface area is 163 Å². The molecule has 4 rings (SSSR count). The SMILES string of the molecule is CC(C)C(=O)[C@H]1CC[C@@H](Cc2cnc(N3C4CCC3CN(C)C4)nc2)CC1. The van der Waals surface area contributed by atoms with Gasteiger partial charge in [-0.15, -0.1) is 0 Å². The molecule has 3 heterocycles. The maximum absolute atomic E-state index is 12.2. The first kappa shape index (κ1) is 18.9. The number of likely N-dealkylation sites (tertiary alicyclic amines) is 1. The Morgan fingerprint density at radius 2 is 1.63 bits per heavy atom. The van der Waals surface area contributed by atoms with E-state index in [0.29, 0.717) is 29.7 Å². The van der Waals surface area contributed by atoms with Crippen molar-refractivity contribution >= 4 is 11.7 Å². The van der Waals surface area contributed by atoms with E-state index < -0.39 is 0 Å². The molecule has 2 aliphatic heterocycles. The Bertz CT molecular complexity index is 637. The fraction of sp³-hybridized carbons (Fsp3) is 0.773. The van der Waals surface area contributed by atoms with Crippen LogP contribution in [0.25, 0.3) is 0 Å². The first-order chi connectivity index (χ1) is 13.0. The number of nitrogens with zero attached hydrogens (tertiary/aromatic N) is 4. The van der Waals surface area contributed by atoms with Crippen LogP contribution in [0.2, 0.25) is 0 Å². The summed E-state index contributed by atoms with van der Waals surface area (Å²) in [6, 6.07) is 1.15. The molecule has 2 atom stereocenters. The van der Waals surface area contributed by atoms with Crippen LogP contribution in [0.3, 0.4) is 0 Å². The minimum absolute atomic E-state index is 0.178. The minimum Gasteiger partial charge on any atom is -0.332 e. The van der Waals surface area contributed by atoms with E-state index in [1.165, 1.54) is 18.4 Å². The summed E-state index contributed by atoms with van der Waals surface area (Å²) in [5.41, 5.74) is 1.25. The Balaban J connectivity index is 1.32. The van der Waals surface area contributed by atoms with Gasteiger partial charge in [0.1, 0.15) is 5.78 Å². The molecule has 2 bridgehead atoms. The number of carbonyl (C=O) groups is 1. The van der Waals surface area contributed by atoms with Crippen molar-refractivity contribution in [3.63, 3.8) is 0 Å². The van der Waals surface area contributed by atoms with Gasteiger partial charge in [-0.05, 0) is 63.5 Å². The third-order valence-corrected chi connectivity index (χ3v) is 6.93. The summed E-state index contributed by atoms with van der Waals surface area (Å²) in [6.45, 7) is 6.31. The second kappa shape index (κ2) is 7.86. The van der Waals surface area contributed by atoms with Crippen molar-refractivity contribution in [1.29, 1.82) is 0 Å². The van der Waals surface area contributed by atoms with E-state index in [9.17, 15) is 4.79 Å². The van der Waals surface area contributed by atoms with E-state index in [1.807, 2.05) is 26.2 Å². The van der Waals surface area contributed by atoms with Crippen molar-refractivity contribution in [3.8, 4) is 0 Å². The third kappa shape index (κ3) is 4.03. The lowest BCUT2D eigenvalue weighted by molar-refractivity contribution is -0.127. The summed E-state index contributed by atoms with van der Waals surface area (Å²) in [4.78, 5) is 26.6. The van der Waals surface area contributed by atoms with Crippen LogP contribution in [-0.4, -0.2) is 52.9 Å². The number of hydrogen-bond acceptors (Lipinski definition) is 5. The molecule has 2 unspecified atom stereocenters. The first-order valence-electron chi connectivity index (χ1n) is 10.8. The van der Waals surface area contributed by atoms with E-state index in [4.69, 9.17) is 9.97 Å². The second-order valence-corrected chi connectivity index (χ2v) is 9.38. The van der Waals surface area contributed by atoms with Crippen LogP contribution < -0.4 is 4.90 Å². The van der Waals surface area contributed by atoms with Crippen molar-refractivity contribution in [2.45, 2.75) is 70.9 Å². The highest BCUT2D eigenvalue weighted by atomic mass is 16.1. The largest absolute Gasteiger partial charge is 0.332 e. The fourth-order valence-corrected chi connectivity index (χ4v) is 5.48. The van der Waals surface area contributed by atoms with Crippen LogP contribution >= 0.6 is 0 Å². The predicted molar refractivity (Wildman–Crippen MR) is 108 cm³/mol. The van der Waals surface area contributed by atoms with Crippen LogP contribution in [-0.2, 0) is 11.2 Å². The molecule has 5 nitrogen and oxygen atoms in total. The number of rotatable bonds is 5. The molecule has 1 saturated carbocycles. The Morgan fingerprint density at radius 3 is 2.19 bits per heavy atom. The molecule has 5 heteroatoms. The lowest BCUT2D eigenvalue weighted by atomic mass is 9.76. The average molecular weight is 371 g/mol. The molecule has 1 aliphatic carbocycles. The standard InChI is InChI=1S/C22H34N4O/c1-15(2)21(27)18-6-4-16(5-7-18)10-17-11-23-22(24-12-17)26-19-8-9-20(26)14-25(3)13-19/h11-12,15-16,18-20H,4-10,13-14H2,1-3H3/t16-,18+,19?,20?. The van der Waals surface area contributed by atoms with Gasteiger partial charge in [-0.25, -0.2) is 9.97 Å². The van der Waals surface area contributed by atoms with Gasteiger partial charge >= 0.3 is 0 Å². The van der Waals surface area contributed by atoms with Crippen molar-refractivity contribution in [2.75, 3.05) is 25.0 Å². The Kier molecular flexibility index (Phi) is 5.49. The molecule has 0 radical (unpaired) electrons. The normalized spacial score (nSPS) is 31.5. The molecule has 3 aliphatic rings. The second-order valence-electron chi connectivity index (χ2n) is 9.38. The van der Waals surface area contributed by atoms with Crippen LogP contribution in [0.1, 0.15) is 57.9 Å². The number of fused-ring (bicyclic) bond motifs is 2. The lowest BCUT2D eigenvalue weighted by Crippen LogP contribution is -2.53. The zero-order chi connectivity index (χ0) is 19.0. The number of aromatic nitrogens is 2. The number of ketones is 1. The highest BCUT2D eigenvalue weighted by Gasteiger charge is 2.40. The summed E-state index contributed by atoms with van der Waals surface area (Å²) in [5.74, 6) is 2.54. The van der Waals surface area contributed by atoms with Gasteiger partial charge in [0.05, 0.1) is 0 Å². The average Bonchev–Trinajstić information content (AvgIpc) is 2.93. The Morgan fingerprint density at radius 1 is 1.04 bits per heavy atom. The predicted octanol–water partition coefficient (Wildman–Crippen LogP) is 3.33. The van der Waals surface area contributed by atoms with Crippen LogP contribution in [0, 0.1) is 17.8 Å². The molecular weight excluding hydrogens is 336 g/mol. The molecule has 0 aromatic carbocycles. The smallest absolute Gasteiger partial charge is 0.225 e. The van der Waals surface area contributed by atoms with Gasteiger partial charge in [0.25, 0.3) is 0 Å². The van der Waals surface area contributed by atoms with Crippen LogP contribution in [0.15, 0.2) is 12.4 Å². The monoisotopic (exact) mass is 370 g/mol. The van der Waals surface area contributed by atoms with Crippen molar-refractivity contribution in [3.05, 3.63) is 18.0 Å². The van der Waals surface area contributed by atoms with Crippen LogP contribution in [0.4, 0.5) is 5.95 Å². The number of carbonyl (C=O) groups excluding carboxylic acids is 1. The summed E-state index contributed by atoms with van der Waals surface area (Å²) in [5, 5.41) is 0. The number of hydrogen-bond donors (Lipinski definition) is 0. The van der Waals surface area contributed by atoms with Gasteiger partial charge in [0, 0.05) is 49.4 Å². The summed E-state index contributed by atoms with van der Waals surface area (Å²) >= 11 is 0. The highest BCUT2D eigenvalue weighted by Crippen LogP contribution is 2.34. The van der Waals surface area contributed by atoms with Gasteiger partial charge in [0.2, 0.25) is 5.95 Å². The molecule has 1 aromatic heterocycles. The third-order valence-electron chi connectivity index (χ3n) is 6.93.